The predicted octanol–water partition coefficient (Wildman–Crippen LogP) is 4.72. The van der Waals surface area contributed by atoms with Gasteiger partial charge in [-0.15, -0.1) is 0 Å². The number of benzene rings is 2. The Morgan fingerprint density at radius 2 is 1.92 bits per heavy atom. The maximum absolute atomic E-state index is 10.8. The van der Waals surface area contributed by atoms with Crippen molar-refractivity contribution in [3.8, 4) is 16.9 Å². The summed E-state index contributed by atoms with van der Waals surface area (Å²) in [5.74, 6) is 0.875. The zero-order valence-electron chi connectivity index (χ0n) is 12.9. The number of hydrogen-bond acceptors (Lipinski definition) is 4. The SMILES string of the molecule is O=[N+]([O-])c1ccc(-n2nc(-c3cc(Cl)ccc3Cl)c3c2NCC3)cc1. The van der Waals surface area contributed by atoms with Crippen LogP contribution < -0.4 is 5.32 Å². The van der Waals surface area contributed by atoms with E-state index in [1.165, 1.54) is 12.1 Å². The minimum Gasteiger partial charge on any atom is -0.369 e. The molecule has 1 aromatic heterocycles. The Hall–Kier alpha value is -2.57. The van der Waals surface area contributed by atoms with Crippen molar-refractivity contribution in [2.75, 3.05) is 11.9 Å². The molecule has 0 unspecified atom stereocenters. The van der Waals surface area contributed by atoms with Gasteiger partial charge in [-0.2, -0.15) is 5.10 Å². The minimum absolute atomic E-state index is 0.0404. The smallest absolute Gasteiger partial charge is 0.269 e. The summed E-state index contributed by atoms with van der Waals surface area (Å²) in [6.45, 7) is 0.797. The van der Waals surface area contributed by atoms with E-state index in [-0.39, 0.29) is 5.69 Å². The van der Waals surface area contributed by atoms with Crippen molar-refractivity contribution in [1.29, 1.82) is 0 Å². The number of non-ortho nitro benzene ring substituents is 1. The van der Waals surface area contributed by atoms with Crippen LogP contribution >= 0.6 is 23.2 Å². The molecule has 1 aliphatic heterocycles. The number of nitrogens with one attached hydrogen (secondary N) is 1. The molecule has 0 atom stereocenters. The van der Waals surface area contributed by atoms with Crippen LogP contribution in [0.1, 0.15) is 5.56 Å². The zero-order valence-corrected chi connectivity index (χ0v) is 14.4. The highest BCUT2D eigenvalue weighted by Gasteiger charge is 2.25. The van der Waals surface area contributed by atoms with Crippen LogP contribution in [0.3, 0.4) is 0 Å². The normalized spacial score (nSPS) is 12.7. The van der Waals surface area contributed by atoms with Crippen LogP contribution in [0.15, 0.2) is 42.5 Å². The largest absolute Gasteiger partial charge is 0.369 e. The molecule has 1 aliphatic rings. The lowest BCUT2D eigenvalue weighted by atomic mass is 10.1. The second kappa shape index (κ2) is 6.06. The lowest BCUT2D eigenvalue weighted by Gasteiger charge is -2.06. The van der Waals surface area contributed by atoms with Crippen molar-refractivity contribution < 1.29 is 4.92 Å². The summed E-state index contributed by atoms with van der Waals surface area (Å²) in [5, 5.41) is 20.0. The number of nitro groups is 1. The van der Waals surface area contributed by atoms with E-state index in [0.29, 0.717) is 10.0 Å². The molecule has 1 N–H and O–H groups in total. The standard InChI is InChI=1S/C17H12Cl2N4O2/c18-10-1-6-15(19)14(9-10)16-13-7-8-20-17(13)22(21-16)11-2-4-12(5-3-11)23(24)25/h1-6,9,20H,7-8H2. The molecule has 0 bridgehead atoms. The summed E-state index contributed by atoms with van der Waals surface area (Å²) in [7, 11) is 0. The van der Waals surface area contributed by atoms with E-state index in [4.69, 9.17) is 28.3 Å². The Labute approximate surface area is 153 Å². The van der Waals surface area contributed by atoms with E-state index < -0.39 is 4.92 Å². The van der Waals surface area contributed by atoms with E-state index in [0.717, 1.165) is 41.3 Å². The van der Waals surface area contributed by atoms with Gasteiger partial charge in [0.1, 0.15) is 5.82 Å². The summed E-state index contributed by atoms with van der Waals surface area (Å²) in [6.07, 6.45) is 0.820. The van der Waals surface area contributed by atoms with E-state index >= 15 is 0 Å². The molecule has 4 rings (SSSR count). The molecule has 8 heteroatoms. The van der Waals surface area contributed by atoms with Crippen molar-refractivity contribution in [2.45, 2.75) is 6.42 Å². The van der Waals surface area contributed by atoms with Gasteiger partial charge in [-0.25, -0.2) is 4.68 Å². The first kappa shape index (κ1) is 15.9. The van der Waals surface area contributed by atoms with Crippen LogP contribution in [0.2, 0.25) is 10.0 Å². The molecule has 126 valence electrons. The molecule has 0 radical (unpaired) electrons. The number of hydrogen-bond donors (Lipinski definition) is 1. The highest BCUT2D eigenvalue weighted by molar-refractivity contribution is 6.35. The monoisotopic (exact) mass is 374 g/mol. The summed E-state index contributed by atoms with van der Waals surface area (Å²) >= 11 is 12.5. The Bertz CT molecular complexity index is 983. The summed E-state index contributed by atoms with van der Waals surface area (Å²) < 4.78 is 1.75. The fourth-order valence-corrected chi connectivity index (χ4v) is 3.35. The number of rotatable bonds is 3. The first-order valence-corrected chi connectivity index (χ1v) is 8.36. The van der Waals surface area contributed by atoms with Gasteiger partial charge >= 0.3 is 0 Å². The van der Waals surface area contributed by atoms with Gasteiger partial charge in [0, 0.05) is 34.8 Å². The molecule has 2 aromatic carbocycles. The number of nitrogens with zero attached hydrogens (tertiary/aromatic N) is 3. The van der Waals surface area contributed by atoms with Crippen LogP contribution in [0, 0.1) is 10.1 Å². The van der Waals surface area contributed by atoms with Crippen molar-refractivity contribution in [1.82, 2.24) is 9.78 Å². The van der Waals surface area contributed by atoms with Crippen LogP contribution in [0.25, 0.3) is 16.9 Å². The highest BCUT2D eigenvalue weighted by Crippen LogP contribution is 2.38. The second-order valence-corrected chi connectivity index (χ2v) is 6.51. The molecule has 0 fully saturated rings. The number of nitro benzene ring substituents is 1. The van der Waals surface area contributed by atoms with Crippen molar-refractivity contribution in [3.63, 3.8) is 0 Å². The quantitative estimate of drug-likeness (QED) is 0.531. The lowest BCUT2D eigenvalue weighted by Crippen LogP contribution is -2.04. The number of anilines is 1. The minimum atomic E-state index is -0.424. The van der Waals surface area contributed by atoms with E-state index in [2.05, 4.69) is 5.32 Å². The summed E-state index contributed by atoms with van der Waals surface area (Å²) in [4.78, 5) is 10.4. The van der Waals surface area contributed by atoms with Gasteiger partial charge in [0.05, 0.1) is 21.3 Å². The van der Waals surface area contributed by atoms with Crippen molar-refractivity contribution in [3.05, 3.63) is 68.2 Å². The number of halogens is 2. The van der Waals surface area contributed by atoms with Gasteiger partial charge in [-0.1, -0.05) is 23.2 Å². The molecule has 6 nitrogen and oxygen atoms in total. The number of aromatic nitrogens is 2. The fourth-order valence-electron chi connectivity index (χ4n) is 2.97. The van der Waals surface area contributed by atoms with Gasteiger partial charge in [-0.3, -0.25) is 10.1 Å². The van der Waals surface area contributed by atoms with Crippen molar-refractivity contribution in [2.24, 2.45) is 0 Å². The Morgan fingerprint density at radius 3 is 2.64 bits per heavy atom. The van der Waals surface area contributed by atoms with Crippen LogP contribution in [0.5, 0.6) is 0 Å². The molecule has 0 saturated carbocycles. The molecule has 25 heavy (non-hydrogen) atoms. The van der Waals surface area contributed by atoms with Crippen LogP contribution in [-0.2, 0) is 6.42 Å². The zero-order chi connectivity index (χ0) is 17.6. The molecule has 0 saturated heterocycles. The maximum atomic E-state index is 10.8. The van der Waals surface area contributed by atoms with Crippen LogP contribution in [0.4, 0.5) is 11.5 Å². The topological polar surface area (TPSA) is 73.0 Å². The molecule has 0 amide bonds. The molecular weight excluding hydrogens is 363 g/mol. The molecular formula is C17H12Cl2N4O2. The maximum Gasteiger partial charge on any atom is 0.269 e. The first-order chi connectivity index (χ1) is 12.0. The third kappa shape index (κ3) is 2.73. The Balaban J connectivity index is 1.86. The fraction of sp³-hybridized carbons (Fsp3) is 0.118. The van der Waals surface area contributed by atoms with E-state index in [9.17, 15) is 10.1 Å². The second-order valence-electron chi connectivity index (χ2n) is 5.66. The Kier molecular flexibility index (Phi) is 3.86. The molecule has 0 spiro atoms. The molecule has 2 heterocycles. The molecule has 0 aliphatic carbocycles. The highest BCUT2D eigenvalue weighted by atomic mass is 35.5. The number of fused-ring (bicyclic) bond motifs is 1. The van der Waals surface area contributed by atoms with E-state index in [1.54, 1.807) is 35.0 Å². The van der Waals surface area contributed by atoms with Crippen molar-refractivity contribution >= 4 is 34.7 Å². The average molecular weight is 375 g/mol. The van der Waals surface area contributed by atoms with Gasteiger partial charge < -0.3 is 5.32 Å². The van der Waals surface area contributed by atoms with E-state index in [1.807, 2.05) is 0 Å². The third-order valence-corrected chi connectivity index (χ3v) is 4.70. The lowest BCUT2D eigenvalue weighted by molar-refractivity contribution is -0.384. The Morgan fingerprint density at radius 1 is 1.16 bits per heavy atom. The predicted molar refractivity (Wildman–Crippen MR) is 97.9 cm³/mol. The van der Waals surface area contributed by atoms with Gasteiger partial charge in [0.25, 0.3) is 5.69 Å². The first-order valence-electron chi connectivity index (χ1n) is 7.60. The van der Waals surface area contributed by atoms with Gasteiger partial charge in [-0.05, 0) is 36.8 Å². The molecule has 3 aromatic rings. The van der Waals surface area contributed by atoms with Gasteiger partial charge in [0.15, 0.2) is 0 Å². The average Bonchev–Trinajstić information content (AvgIpc) is 3.20. The summed E-state index contributed by atoms with van der Waals surface area (Å²) in [6, 6.07) is 11.6. The van der Waals surface area contributed by atoms with Gasteiger partial charge in [0.2, 0.25) is 0 Å². The third-order valence-electron chi connectivity index (χ3n) is 4.14. The summed E-state index contributed by atoms with van der Waals surface area (Å²) in [5.41, 5.74) is 3.38. The van der Waals surface area contributed by atoms with Crippen LogP contribution in [-0.4, -0.2) is 21.2 Å².